The van der Waals surface area contributed by atoms with E-state index in [9.17, 15) is 4.79 Å². The fraction of sp³-hybridized carbons (Fsp3) is 0.391. The molecule has 0 aromatic heterocycles. The number of amides is 1. The van der Waals surface area contributed by atoms with Crippen LogP contribution in [0.4, 0.5) is 0 Å². The second kappa shape index (κ2) is 10.3. The first-order valence-corrected chi connectivity index (χ1v) is 10.5. The number of fused-ring (bicyclic) bond motifs is 1. The molecule has 154 valence electrons. The van der Waals surface area contributed by atoms with Crippen molar-refractivity contribution in [2.24, 2.45) is 4.99 Å². The summed E-state index contributed by atoms with van der Waals surface area (Å²) in [6.45, 7) is 2.91. The summed E-state index contributed by atoms with van der Waals surface area (Å²) in [5.74, 6) is 1.02. The Bertz CT molecular complexity index is 867. The Morgan fingerprint density at radius 2 is 1.90 bits per heavy atom. The average molecular weight is 413 g/mol. The third-order valence-corrected chi connectivity index (χ3v) is 5.64. The van der Waals surface area contributed by atoms with Crippen LogP contribution in [0.5, 0.6) is 0 Å². The van der Waals surface area contributed by atoms with Gasteiger partial charge in [0.1, 0.15) is 0 Å². The number of aliphatic imine (C=N–C) groups is 1. The zero-order valence-electron chi connectivity index (χ0n) is 17.2. The molecule has 0 saturated carbocycles. The molecule has 29 heavy (non-hydrogen) atoms. The molecule has 0 atom stereocenters. The van der Waals surface area contributed by atoms with E-state index in [0.717, 1.165) is 42.5 Å². The van der Waals surface area contributed by atoms with Gasteiger partial charge >= 0.3 is 0 Å². The van der Waals surface area contributed by atoms with Crippen LogP contribution in [0, 0.1) is 0 Å². The smallest absolute Gasteiger partial charge is 0.222 e. The lowest BCUT2D eigenvalue weighted by Gasteiger charge is -2.29. The first-order chi connectivity index (χ1) is 14.1. The van der Waals surface area contributed by atoms with Crippen molar-refractivity contribution in [2.45, 2.75) is 32.4 Å². The maximum Gasteiger partial charge on any atom is 0.222 e. The fourth-order valence-electron chi connectivity index (χ4n) is 3.65. The minimum absolute atomic E-state index is 0.223. The van der Waals surface area contributed by atoms with Crippen LogP contribution in [-0.4, -0.2) is 48.9 Å². The maximum atomic E-state index is 12.6. The third-order valence-electron chi connectivity index (χ3n) is 5.27. The van der Waals surface area contributed by atoms with Gasteiger partial charge in [0, 0.05) is 51.7 Å². The second-order valence-electron chi connectivity index (χ2n) is 7.36. The average Bonchev–Trinajstić information content (AvgIpc) is 2.74. The molecule has 0 radical (unpaired) electrons. The van der Waals surface area contributed by atoms with Crippen LogP contribution in [0.1, 0.15) is 29.5 Å². The number of carbonyl (C=O) groups excluding carboxylic acids is 1. The van der Waals surface area contributed by atoms with Crippen molar-refractivity contribution in [2.75, 3.05) is 27.2 Å². The number of benzene rings is 2. The number of halogens is 1. The third kappa shape index (κ3) is 5.73. The lowest BCUT2D eigenvalue weighted by Crippen LogP contribution is -2.39. The summed E-state index contributed by atoms with van der Waals surface area (Å²) in [6, 6.07) is 16.2. The zero-order chi connectivity index (χ0) is 20.6. The molecule has 1 aliphatic heterocycles. The van der Waals surface area contributed by atoms with Gasteiger partial charge in [-0.2, -0.15) is 0 Å². The van der Waals surface area contributed by atoms with Gasteiger partial charge in [0.15, 0.2) is 5.96 Å². The molecule has 0 unspecified atom stereocenters. The summed E-state index contributed by atoms with van der Waals surface area (Å²) in [5.41, 5.74) is 3.69. The van der Waals surface area contributed by atoms with Crippen LogP contribution >= 0.6 is 11.6 Å². The van der Waals surface area contributed by atoms with E-state index in [4.69, 9.17) is 11.6 Å². The first kappa shape index (κ1) is 21.2. The monoisotopic (exact) mass is 412 g/mol. The van der Waals surface area contributed by atoms with Crippen molar-refractivity contribution in [1.82, 2.24) is 15.1 Å². The van der Waals surface area contributed by atoms with E-state index in [1.54, 1.807) is 7.05 Å². The Morgan fingerprint density at radius 3 is 2.66 bits per heavy atom. The number of nitrogens with one attached hydrogen (secondary N) is 1. The molecule has 0 bridgehead atoms. The van der Waals surface area contributed by atoms with Crippen molar-refractivity contribution < 1.29 is 4.79 Å². The van der Waals surface area contributed by atoms with E-state index in [1.165, 1.54) is 11.1 Å². The largest absolute Gasteiger partial charge is 0.356 e. The van der Waals surface area contributed by atoms with Crippen LogP contribution < -0.4 is 5.32 Å². The molecule has 0 saturated heterocycles. The zero-order valence-corrected chi connectivity index (χ0v) is 18.0. The molecule has 2 aromatic carbocycles. The molecule has 5 nitrogen and oxygen atoms in total. The summed E-state index contributed by atoms with van der Waals surface area (Å²) in [4.78, 5) is 20.9. The predicted octanol–water partition coefficient (Wildman–Crippen LogP) is 3.71. The van der Waals surface area contributed by atoms with Crippen LogP contribution in [0.3, 0.4) is 0 Å². The highest BCUT2D eigenvalue weighted by atomic mass is 35.5. The van der Waals surface area contributed by atoms with Gasteiger partial charge in [-0.15, -0.1) is 0 Å². The van der Waals surface area contributed by atoms with E-state index in [2.05, 4.69) is 28.5 Å². The molecule has 0 fully saturated rings. The molecule has 1 amide bonds. The number of rotatable bonds is 6. The van der Waals surface area contributed by atoms with Crippen LogP contribution in [0.15, 0.2) is 53.5 Å². The minimum Gasteiger partial charge on any atom is -0.356 e. The van der Waals surface area contributed by atoms with E-state index in [1.807, 2.05) is 47.2 Å². The topological polar surface area (TPSA) is 47.9 Å². The van der Waals surface area contributed by atoms with E-state index in [0.29, 0.717) is 19.5 Å². The van der Waals surface area contributed by atoms with Crippen molar-refractivity contribution in [3.63, 3.8) is 0 Å². The summed E-state index contributed by atoms with van der Waals surface area (Å²) in [7, 11) is 3.75. The lowest BCUT2D eigenvalue weighted by molar-refractivity contribution is -0.132. The molecule has 1 aliphatic rings. The van der Waals surface area contributed by atoms with Gasteiger partial charge in [-0.3, -0.25) is 9.79 Å². The summed E-state index contributed by atoms with van der Waals surface area (Å²) in [5, 5.41) is 4.10. The van der Waals surface area contributed by atoms with Crippen molar-refractivity contribution in [3.05, 3.63) is 70.2 Å². The maximum absolute atomic E-state index is 12.6. The van der Waals surface area contributed by atoms with Gasteiger partial charge in [0.2, 0.25) is 5.91 Å². The summed E-state index contributed by atoms with van der Waals surface area (Å²) in [6.07, 6.45) is 2.26. The Labute approximate surface area is 178 Å². The van der Waals surface area contributed by atoms with Gasteiger partial charge in [0.05, 0.1) is 0 Å². The lowest BCUT2D eigenvalue weighted by atomic mass is 9.99. The molecule has 1 N–H and O–H groups in total. The van der Waals surface area contributed by atoms with Gasteiger partial charge in [-0.25, -0.2) is 0 Å². The number of nitrogens with zero attached hydrogens (tertiary/aromatic N) is 3. The number of guanidine groups is 1. The van der Waals surface area contributed by atoms with Crippen LogP contribution in [0.25, 0.3) is 0 Å². The van der Waals surface area contributed by atoms with Gasteiger partial charge in [-0.1, -0.05) is 54.1 Å². The van der Waals surface area contributed by atoms with Crippen molar-refractivity contribution >= 4 is 23.5 Å². The molecular formula is C23H29ClN4O. The Morgan fingerprint density at radius 1 is 1.17 bits per heavy atom. The SMILES string of the molecule is CN=C(NCCCC(=O)N1CCc2ccccc2C1)N(C)Cc1ccccc1Cl. The van der Waals surface area contributed by atoms with Gasteiger partial charge in [-0.05, 0) is 35.6 Å². The fourth-order valence-corrected chi connectivity index (χ4v) is 3.84. The molecule has 1 heterocycles. The Hall–Kier alpha value is -2.53. The highest BCUT2D eigenvalue weighted by Gasteiger charge is 2.19. The Balaban J connectivity index is 1.42. The van der Waals surface area contributed by atoms with E-state index < -0.39 is 0 Å². The molecule has 2 aromatic rings. The van der Waals surface area contributed by atoms with Crippen molar-refractivity contribution in [3.8, 4) is 0 Å². The van der Waals surface area contributed by atoms with Crippen LogP contribution in [0.2, 0.25) is 5.02 Å². The number of hydrogen-bond donors (Lipinski definition) is 1. The Kier molecular flexibility index (Phi) is 7.53. The van der Waals surface area contributed by atoms with Gasteiger partial charge < -0.3 is 15.1 Å². The van der Waals surface area contributed by atoms with E-state index in [-0.39, 0.29) is 5.91 Å². The second-order valence-corrected chi connectivity index (χ2v) is 7.77. The molecule has 0 aliphatic carbocycles. The molecular weight excluding hydrogens is 384 g/mol. The summed E-state index contributed by atoms with van der Waals surface area (Å²) >= 11 is 6.25. The molecule has 3 rings (SSSR count). The highest BCUT2D eigenvalue weighted by Crippen LogP contribution is 2.19. The van der Waals surface area contributed by atoms with Gasteiger partial charge in [0.25, 0.3) is 0 Å². The van der Waals surface area contributed by atoms with Crippen LogP contribution in [-0.2, 0) is 24.3 Å². The molecule has 0 spiro atoms. The van der Waals surface area contributed by atoms with E-state index >= 15 is 0 Å². The number of hydrogen-bond acceptors (Lipinski definition) is 2. The highest BCUT2D eigenvalue weighted by molar-refractivity contribution is 6.31. The first-order valence-electron chi connectivity index (χ1n) is 10.1. The standard InChI is InChI=1S/C23H29ClN4O/c1-25-23(27(2)16-20-10-5-6-11-21(20)24)26-14-7-12-22(29)28-15-13-18-8-3-4-9-19(18)17-28/h3-6,8-11H,7,12-17H2,1-2H3,(H,25,26). The summed E-state index contributed by atoms with van der Waals surface area (Å²) < 4.78 is 0. The predicted molar refractivity (Wildman–Crippen MR) is 119 cm³/mol. The van der Waals surface area contributed by atoms with Crippen molar-refractivity contribution in [1.29, 1.82) is 0 Å². The number of carbonyl (C=O) groups is 1. The normalized spacial score (nSPS) is 13.8. The molecule has 6 heteroatoms. The quantitative estimate of drug-likeness (QED) is 0.447. The minimum atomic E-state index is 0.223.